The Balaban J connectivity index is 1.51. The predicted molar refractivity (Wildman–Crippen MR) is 107 cm³/mol. The number of rotatable bonds is 5. The number of aromatic hydroxyl groups is 1. The highest BCUT2D eigenvalue weighted by Gasteiger charge is 2.10. The van der Waals surface area contributed by atoms with Gasteiger partial charge in [0.15, 0.2) is 0 Å². The van der Waals surface area contributed by atoms with E-state index in [4.69, 9.17) is 4.74 Å². The lowest BCUT2D eigenvalue weighted by Crippen LogP contribution is -2.22. The van der Waals surface area contributed by atoms with Crippen molar-refractivity contribution < 1.29 is 9.84 Å². The van der Waals surface area contributed by atoms with Gasteiger partial charge in [0.2, 0.25) is 5.88 Å². The largest absolute Gasteiger partial charge is 0.494 e. The molecule has 0 radical (unpaired) electrons. The number of aromatic nitrogens is 3. The van der Waals surface area contributed by atoms with Crippen LogP contribution < -0.4 is 15.2 Å². The van der Waals surface area contributed by atoms with Gasteiger partial charge in [-0.3, -0.25) is 14.6 Å². The normalized spacial score (nSPS) is 11.0. The second kappa shape index (κ2) is 7.32. The quantitative estimate of drug-likeness (QED) is 0.541. The monoisotopic (exact) mass is 395 g/mol. The van der Waals surface area contributed by atoms with Gasteiger partial charge in [-0.2, -0.15) is 5.10 Å². The molecule has 0 saturated carbocycles. The summed E-state index contributed by atoms with van der Waals surface area (Å²) in [6.45, 7) is 0.230. The van der Waals surface area contributed by atoms with Crippen LogP contribution in [0.3, 0.4) is 0 Å². The summed E-state index contributed by atoms with van der Waals surface area (Å²) in [5.41, 5.74) is 1.49. The van der Waals surface area contributed by atoms with Crippen molar-refractivity contribution in [3.8, 4) is 11.6 Å². The second-order valence-electron chi connectivity index (χ2n) is 6.32. The van der Waals surface area contributed by atoms with Crippen LogP contribution in [0.2, 0.25) is 0 Å². The third kappa shape index (κ3) is 3.54. The molecular formula is C20H17N3O4S. The number of hydrogen-bond acceptors (Lipinski definition) is 6. The van der Waals surface area contributed by atoms with Gasteiger partial charge in [0, 0.05) is 18.9 Å². The first-order valence-electron chi connectivity index (χ1n) is 8.59. The van der Waals surface area contributed by atoms with Gasteiger partial charge >= 0.3 is 4.87 Å². The zero-order valence-electron chi connectivity index (χ0n) is 15.0. The van der Waals surface area contributed by atoms with E-state index in [1.807, 2.05) is 42.5 Å². The summed E-state index contributed by atoms with van der Waals surface area (Å²) in [7, 11) is 1.62. The summed E-state index contributed by atoms with van der Waals surface area (Å²) in [6, 6.07) is 14.7. The fourth-order valence-corrected chi connectivity index (χ4v) is 3.75. The first-order chi connectivity index (χ1) is 13.5. The maximum absolute atomic E-state index is 12.2. The number of aryl methyl sites for hydroxylation is 1. The lowest BCUT2D eigenvalue weighted by atomic mass is 10.1. The molecule has 7 nitrogen and oxygen atoms in total. The average molecular weight is 395 g/mol. The lowest BCUT2D eigenvalue weighted by Gasteiger charge is -2.10. The molecule has 4 aromatic rings. The molecule has 4 rings (SSSR count). The molecule has 0 spiro atoms. The van der Waals surface area contributed by atoms with Crippen molar-refractivity contribution in [2.45, 2.75) is 13.0 Å². The third-order valence-electron chi connectivity index (χ3n) is 4.40. The molecular weight excluding hydrogens is 378 g/mol. The van der Waals surface area contributed by atoms with Gasteiger partial charge < -0.3 is 9.84 Å². The summed E-state index contributed by atoms with van der Waals surface area (Å²) in [5.74, 6) is 0.581. The van der Waals surface area contributed by atoms with Gasteiger partial charge in [0.1, 0.15) is 18.1 Å². The standard InChI is InChI=1S/C20H17N3O4S/c1-23-19(25)15-5-3-2-4-14(15)16(22-23)11-27-13-8-6-12(7-9-13)10-17-18(24)21-20(26)28-17/h2-9,24H,10-11H2,1H3,(H,21,26). The molecule has 8 heteroatoms. The second-order valence-corrected chi connectivity index (χ2v) is 7.38. The Morgan fingerprint density at radius 2 is 1.82 bits per heavy atom. The van der Waals surface area contributed by atoms with Gasteiger partial charge in [0.05, 0.1) is 10.3 Å². The molecule has 2 heterocycles. The van der Waals surface area contributed by atoms with Crippen molar-refractivity contribution in [3.63, 3.8) is 0 Å². The molecule has 0 fully saturated rings. The molecule has 2 aromatic carbocycles. The van der Waals surface area contributed by atoms with E-state index in [0.29, 0.717) is 28.1 Å². The number of H-pyrrole nitrogens is 1. The van der Waals surface area contributed by atoms with Crippen molar-refractivity contribution in [1.82, 2.24) is 14.8 Å². The smallest absolute Gasteiger partial charge is 0.307 e. The maximum atomic E-state index is 12.2. The molecule has 0 bridgehead atoms. The van der Waals surface area contributed by atoms with Crippen LogP contribution in [0.1, 0.15) is 16.1 Å². The Kier molecular flexibility index (Phi) is 4.70. The van der Waals surface area contributed by atoms with E-state index < -0.39 is 0 Å². The molecule has 0 amide bonds. The van der Waals surface area contributed by atoms with Crippen LogP contribution in [0.4, 0.5) is 0 Å². The predicted octanol–water partition coefficient (Wildman–Crippen LogP) is 2.56. The molecule has 0 unspecified atom stereocenters. The minimum atomic E-state index is -0.274. The van der Waals surface area contributed by atoms with Crippen LogP contribution in [0.15, 0.2) is 58.1 Å². The molecule has 0 saturated heterocycles. The summed E-state index contributed by atoms with van der Waals surface area (Å²) in [6.07, 6.45) is 0.461. The highest BCUT2D eigenvalue weighted by molar-refractivity contribution is 7.09. The summed E-state index contributed by atoms with van der Waals surface area (Å²) < 4.78 is 7.17. The van der Waals surface area contributed by atoms with Crippen LogP contribution in [0.5, 0.6) is 11.6 Å². The Morgan fingerprint density at radius 3 is 2.50 bits per heavy atom. The van der Waals surface area contributed by atoms with Crippen LogP contribution >= 0.6 is 11.3 Å². The van der Waals surface area contributed by atoms with Gasteiger partial charge in [0.25, 0.3) is 5.56 Å². The SMILES string of the molecule is Cn1nc(COc2ccc(Cc3sc(=O)[nH]c3O)cc2)c2ccccc2c1=O. The lowest BCUT2D eigenvalue weighted by molar-refractivity contribution is 0.299. The fraction of sp³-hybridized carbons (Fsp3) is 0.150. The zero-order chi connectivity index (χ0) is 19.7. The maximum Gasteiger partial charge on any atom is 0.307 e. The summed E-state index contributed by atoms with van der Waals surface area (Å²) in [4.78, 5) is 26.1. The first-order valence-corrected chi connectivity index (χ1v) is 9.40. The van der Waals surface area contributed by atoms with E-state index in [1.54, 1.807) is 13.1 Å². The molecule has 142 valence electrons. The fourth-order valence-electron chi connectivity index (χ4n) is 3.00. The Morgan fingerprint density at radius 1 is 1.11 bits per heavy atom. The molecule has 0 aliphatic carbocycles. The highest BCUT2D eigenvalue weighted by Crippen LogP contribution is 2.22. The third-order valence-corrected chi connectivity index (χ3v) is 5.27. The van der Waals surface area contributed by atoms with Gasteiger partial charge in [-0.05, 0) is 23.8 Å². The number of hydrogen-bond donors (Lipinski definition) is 2. The van der Waals surface area contributed by atoms with E-state index >= 15 is 0 Å². The molecule has 2 N–H and O–H groups in total. The number of ether oxygens (including phenoxy) is 1. The number of aromatic amines is 1. The number of nitrogens with zero attached hydrogens (tertiary/aromatic N) is 2. The van der Waals surface area contributed by atoms with Gasteiger partial charge in [-0.25, -0.2) is 4.68 Å². The highest BCUT2D eigenvalue weighted by atomic mass is 32.1. The number of nitrogens with one attached hydrogen (secondary N) is 1. The van der Waals surface area contributed by atoms with E-state index in [9.17, 15) is 14.7 Å². The molecule has 2 aromatic heterocycles. The molecule has 0 atom stereocenters. The molecule has 28 heavy (non-hydrogen) atoms. The average Bonchev–Trinajstić information content (AvgIpc) is 3.01. The van der Waals surface area contributed by atoms with Gasteiger partial charge in [-0.1, -0.05) is 41.7 Å². The van der Waals surface area contributed by atoms with Crippen molar-refractivity contribution in [1.29, 1.82) is 0 Å². The Bertz CT molecular complexity index is 1260. The Labute approximate surface area is 163 Å². The minimum Gasteiger partial charge on any atom is -0.494 e. The number of thiazole rings is 1. The van der Waals surface area contributed by atoms with E-state index in [-0.39, 0.29) is 22.9 Å². The van der Waals surface area contributed by atoms with Crippen molar-refractivity contribution >= 4 is 22.1 Å². The van der Waals surface area contributed by atoms with Crippen LogP contribution in [-0.4, -0.2) is 19.9 Å². The number of benzene rings is 2. The minimum absolute atomic E-state index is 0.0806. The van der Waals surface area contributed by atoms with Crippen molar-refractivity contribution in [2.75, 3.05) is 0 Å². The summed E-state index contributed by atoms with van der Waals surface area (Å²) >= 11 is 0.996. The van der Waals surface area contributed by atoms with Gasteiger partial charge in [-0.15, -0.1) is 0 Å². The van der Waals surface area contributed by atoms with E-state index in [0.717, 1.165) is 22.3 Å². The first kappa shape index (κ1) is 18.0. The number of fused-ring (bicyclic) bond motifs is 1. The topological polar surface area (TPSA) is 97.2 Å². The van der Waals surface area contributed by atoms with Crippen LogP contribution in [0, 0.1) is 0 Å². The van der Waals surface area contributed by atoms with E-state index in [2.05, 4.69) is 10.1 Å². The van der Waals surface area contributed by atoms with Crippen LogP contribution in [0.25, 0.3) is 10.8 Å². The molecule has 0 aliphatic rings. The van der Waals surface area contributed by atoms with Crippen LogP contribution in [-0.2, 0) is 20.1 Å². The van der Waals surface area contributed by atoms with Crippen molar-refractivity contribution in [3.05, 3.63) is 84.7 Å². The van der Waals surface area contributed by atoms with E-state index in [1.165, 1.54) is 4.68 Å². The molecule has 0 aliphatic heterocycles. The Hall–Kier alpha value is -3.39. The summed E-state index contributed by atoms with van der Waals surface area (Å²) in [5, 5.41) is 15.4. The van der Waals surface area contributed by atoms with Crippen molar-refractivity contribution in [2.24, 2.45) is 7.05 Å². The zero-order valence-corrected chi connectivity index (χ0v) is 15.8.